The lowest BCUT2D eigenvalue weighted by Gasteiger charge is -2.17. The van der Waals surface area contributed by atoms with Gasteiger partial charge in [-0.1, -0.05) is 6.08 Å². The van der Waals surface area contributed by atoms with Crippen LogP contribution in [0.25, 0.3) is 0 Å². The van der Waals surface area contributed by atoms with Gasteiger partial charge in [0.05, 0.1) is 11.3 Å². The first-order chi connectivity index (χ1) is 10.0. The molecule has 0 aromatic rings. The fraction of sp³-hybridized carbons (Fsp3) is 0.250. The molecule has 9 heteroatoms. The number of hydrogen-bond acceptors (Lipinski definition) is 7. The van der Waals surface area contributed by atoms with E-state index in [4.69, 9.17) is 11.7 Å². The summed E-state index contributed by atoms with van der Waals surface area (Å²) in [6, 6.07) is 0. The summed E-state index contributed by atoms with van der Waals surface area (Å²) < 4.78 is 0. The second kappa shape index (κ2) is 5.71. The second-order valence-electron chi connectivity index (χ2n) is 4.41. The molecule has 1 heterocycles. The molecule has 1 aliphatic carbocycles. The van der Waals surface area contributed by atoms with Crippen LogP contribution >= 0.6 is 0 Å². The maximum Gasteiger partial charge on any atom is 0.257 e. The van der Waals surface area contributed by atoms with Gasteiger partial charge in [0.2, 0.25) is 11.8 Å². The van der Waals surface area contributed by atoms with E-state index in [1.165, 1.54) is 12.2 Å². The van der Waals surface area contributed by atoms with Crippen LogP contribution in [0.15, 0.2) is 29.0 Å². The number of fused-ring (bicyclic) bond motifs is 1. The van der Waals surface area contributed by atoms with Gasteiger partial charge in [0.25, 0.3) is 5.91 Å². The van der Waals surface area contributed by atoms with Crippen LogP contribution in [0.3, 0.4) is 0 Å². The quantitative estimate of drug-likeness (QED) is 0.146. The van der Waals surface area contributed by atoms with E-state index in [0.29, 0.717) is 0 Å². The van der Waals surface area contributed by atoms with Crippen molar-refractivity contribution in [1.82, 2.24) is 15.8 Å². The van der Waals surface area contributed by atoms with Gasteiger partial charge in [-0.3, -0.25) is 30.6 Å². The normalized spacial score (nSPS) is 20.6. The van der Waals surface area contributed by atoms with Gasteiger partial charge >= 0.3 is 0 Å². The van der Waals surface area contributed by atoms with Crippen LogP contribution in [0, 0.1) is 5.92 Å². The number of carbonyl (C=O) groups excluding carboxylic acids is 4. The maximum absolute atomic E-state index is 12.3. The number of carbonyl (C=O) groups is 3. The van der Waals surface area contributed by atoms with Gasteiger partial charge in [-0.2, -0.15) is 0 Å². The second-order valence-corrected chi connectivity index (χ2v) is 4.41. The molecule has 0 bridgehead atoms. The highest BCUT2D eigenvalue weighted by Crippen LogP contribution is 2.35. The topological polar surface area (TPSA) is 148 Å². The SMILES string of the molecule is NNC(=O)CCN1C(=O)C2=CC=C(NN)C(=C=O)C2C1=O. The Labute approximate surface area is 119 Å². The van der Waals surface area contributed by atoms with Crippen molar-refractivity contribution in [3.05, 3.63) is 29.0 Å². The number of hydrogen-bond donors (Lipinski definition) is 4. The lowest BCUT2D eigenvalue weighted by atomic mass is 9.87. The van der Waals surface area contributed by atoms with Crippen molar-refractivity contribution in [2.75, 3.05) is 6.54 Å². The highest BCUT2D eigenvalue weighted by atomic mass is 16.2. The Kier molecular flexibility index (Phi) is 3.99. The molecule has 0 radical (unpaired) electrons. The zero-order chi connectivity index (χ0) is 15.6. The van der Waals surface area contributed by atoms with E-state index in [9.17, 15) is 19.2 Å². The summed E-state index contributed by atoms with van der Waals surface area (Å²) in [5, 5.41) is 0. The molecule has 2 aliphatic rings. The molecule has 1 atom stereocenters. The van der Waals surface area contributed by atoms with Gasteiger partial charge in [-0.15, -0.1) is 0 Å². The summed E-state index contributed by atoms with van der Waals surface area (Å²) in [6.07, 6.45) is 2.72. The molecule has 0 aromatic heterocycles. The smallest absolute Gasteiger partial charge is 0.257 e. The third-order valence-corrected chi connectivity index (χ3v) is 3.31. The van der Waals surface area contributed by atoms with Crippen molar-refractivity contribution in [2.45, 2.75) is 6.42 Å². The first-order valence-electron chi connectivity index (χ1n) is 6.04. The van der Waals surface area contributed by atoms with Gasteiger partial charge in [-0.05, 0) is 6.08 Å². The number of amides is 3. The van der Waals surface area contributed by atoms with Gasteiger partial charge < -0.3 is 5.43 Å². The van der Waals surface area contributed by atoms with E-state index in [-0.39, 0.29) is 29.8 Å². The Morgan fingerprint density at radius 1 is 1.33 bits per heavy atom. The fourth-order valence-corrected chi connectivity index (χ4v) is 2.27. The standard InChI is InChI=1S/C12H13N5O4/c13-15-8-2-1-6-10(7(8)5-18)12(21)17(11(6)20)4-3-9(19)16-14/h1-2,10,15H,3-4,13-14H2,(H,16,19). The number of likely N-dealkylation sites (tertiary alicyclic amines) is 1. The van der Waals surface area contributed by atoms with Gasteiger partial charge in [0, 0.05) is 18.5 Å². The van der Waals surface area contributed by atoms with Gasteiger partial charge in [-0.25, -0.2) is 10.6 Å². The van der Waals surface area contributed by atoms with E-state index < -0.39 is 23.6 Å². The average molecular weight is 291 g/mol. The van der Waals surface area contributed by atoms with Crippen molar-refractivity contribution in [3.63, 3.8) is 0 Å². The number of hydrazine groups is 2. The molecule has 0 spiro atoms. The molecular weight excluding hydrogens is 278 g/mol. The molecule has 1 unspecified atom stereocenters. The van der Waals surface area contributed by atoms with Crippen LogP contribution in [0.4, 0.5) is 0 Å². The van der Waals surface area contributed by atoms with Gasteiger partial charge in [0.1, 0.15) is 11.9 Å². The molecule has 1 saturated heterocycles. The molecule has 2 rings (SSSR count). The van der Waals surface area contributed by atoms with Crippen LogP contribution in [0.5, 0.6) is 0 Å². The molecule has 110 valence electrons. The van der Waals surface area contributed by atoms with Crippen molar-refractivity contribution >= 4 is 23.7 Å². The molecule has 21 heavy (non-hydrogen) atoms. The first-order valence-corrected chi connectivity index (χ1v) is 6.04. The summed E-state index contributed by atoms with van der Waals surface area (Å²) in [4.78, 5) is 47.5. The Morgan fingerprint density at radius 3 is 2.62 bits per heavy atom. The van der Waals surface area contributed by atoms with Crippen molar-refractivity contribution in [1.29, 1.82) is 0 Å². The van der Waals surface area contributed by atoms with Crippen molar-refractivity contribution < 1.29 is 19.2 Å². The third kappa shape index (κ3) is 2.36. The van der Waals surface area contributed by atoms with Crippen molar-refractivity contribution in [3.8, 4) is 0 Å². The van der Waals surface area contributed by atoms with Crippen LogP contribution in [0.2, 0.25) is 0 Å². The lowest BCUT2D eigenvalue weighted by molar-refractivity contribution is -0.138. The molecule has 0 aromatic carbocycles. The average Bonchev–Trinajstić information content (AvgIpc) is 2.75. The number of rotatable bonds is 4. The van der Waals surface area contributed by atoms with E-state index in [0.717, 1.165) is 4.90 Å². The summed E-state index contributed by atoms with van der Waals surface area (Å²) in [7, 11) is 0. The molecule has 0 saturated carbocycles. The van der Waals surface area contributed by atoms with E-state index in [1.807, 2.05) is 5.43 Å². The minimum absolute atomic E-state index is 0.0286. The fourth-order valence-electron chi connectivity index (χ4n) is 2.27. The number of allylic oxidation sites excluding steroid dienone is 3. The van der Waals surface area contributed by atoms with Gasteiger partial charge in [0.15, 0.2) is 0 Å². The zero-order valence-electron chi connectivity index (χ0n) is 10.9. The molecule has 1 aliphatic heterocycles. The molecule has 3 amide bonds. The Balaban J connectivity index is 2.28. The largest absolute Gasteiger partial charge is 0.323 e. The molecule has 1 fully saturated rings. The Bertz CT molecular complexity index is 630. The number of imide groups is 1. The predicted molar refractivity (Wildman–Crippen MR) is 69.9 cm³/mol. The minimum atomic E-state index is -1.04. The highest BCUT2D eigenvalue weighted by Gasteiger charge is 2.47. The number of nitrogens with one attached hydrogen (secondary N) is 2. The predicted octanol–water partition coefficient (Wildman–Crippen LogP) is -2.60. The summed E-state index contributed by atoms with van der Waals surface area (Å²) in [5.74, 6) is 9.16. The van der Waals surface area contributed by atoms with E-state index in [1.54, 1.807) is 5.94 Å². The van der Waals surface area contributed by atoms with Crippen LogP contribution in [0.1, 0.15) is 6.42 Å². The first kappa shape index (κ1) is 14.7. The Morgan fingerprint density at radius 2 is 2.05 bits per heavy atom. The molecule has 9 nitrogen and oxygen atoms in total. The van der Waals surface area contributed by atoms with Crippen LogP contribution in [-0.2, 0) is 19.2 Å². The van der Waals surface area contributed by atoms with Crippen LogP contribution in [-0.4, -0.2) is 35.1 Å². The Hall–Kier alpha value is -2.74. The number of nitrogens with zero attached hydrogens (tertiary/aromatic N) is 1. The molecular formula is C12H13N5O4. The maximum atomic E-state index is 12.3. The minimum Gasteiger partial charge on any atom is -0.323 e. The lowest BCUT2D eigenvalue weighted by Crippen LogP contribution is -2.37. The van der Waals surface area contributed by atoms with E-state index >= 15 is 0 Å². The number of nitrogens with two attached hydrogens (primary N) is 2. The summed E-state index contributed by atoms with van der Waals surface area (Å²) >= 11 is 0. The zero-order valence-corrected chi connectivity index (χ0v) is 10.9. The molecule has 6 N–H and O–H groups in total. The van der Waals surface area contributed by atoms with Crippen molar-refractivity contribution in [2.24, 2.45) is 17.6 Å². The highest BCUT2D eigenvalue weighted by molar-refractivity contribution is 6.17. The third-order valence-electron chi connectivity index (χ3n) is 3.31. The van der Waals surface area contributed by atoms with E-state index in [2.05, 4.69) is 5.43 Å². The summed E-state index contributed by atoms with van der Waals surface area (Å²) in [5.41, 5.74) is 4.54. The van der Waals surface area contributed by atoms with Crippen LogP contribution < -0.4 is 22.5 Å². The monoisotopic (exact) mass is 291 g/mol. The summed E-state index contributed by atoms with van der Waals surface area (Å²) in [6.45, 7) is -0.119.